The smallest absolute Gasteiger partial charge is 0.211 e. The molecule has 1 aliphatic heterocycles. The first-order valence-corrected chi connectivity index (χ1v) is 9.28. The highest BCUT2D eigenvalue weighted by molar-refractivity contribution is 5.19. The quantitative estimate of drug-likeness (QED) is 0.820. The van der Waals surface area contributed by atoms with Gasteiger partial charge in [-0.3, -0.25) is 5.32 Å². The summed E-state index contributed by atoms with van der Waals surface area (Å²) in [6.07, 6.45) is 4.07. The van der Waals surface area contributed by atoms with Crippen LogP contribution < -0.4 is 5.32 Å². The lowest BCUT2D eigenvalue weighted by molar-refractivity contribution is 0.180. The van der Waals surface area contributed by atoms with Gasteiger partial charge < -0.3 is 9.15 Å². The van der Waals surface area contributed by atoms with Gasteiger partial charge in [0.2, 0.25) is 5.89 Å². The Kier molecular flexibility index (Phi) is 5.60. The molecular weight excluding hydrogens is 312 g/mol. The maximum Gasteiger partial charge on any atom is 0.211 e. The van der Waals surface area contributed by atoms with Crippen molar-refractivity contribution in [3.63, 3.8) is 0 Å². The summed E-state index contributed by atoms with van der Waals surface area (Å²) in [6.45, 7) is 10.3. The minimum absolute atomic E-state index is 0.0228. The van der Waals surface area contributed by atoms with Gasteiger partial charge in [0, 0.05) is 24.7 Å². The number of ether oxygens (including phenoxy) is 1. The van der Waals surface area contributed by atoms with Gasteiger partial charge in [0.1, 0.15) is 5.76 Å². The monoisotopic (exact) mass is 342 g/mol. The summed E-state index contributed by atoms with van der Waals surface area (Å²) in [5.74, 6) is 2.30. The molecule has 1 aliphatic rings. The van der Waals surface area contributed by atoms with Gasteiger partial charge in [0.05, 0.1) is 12.2 Å². The van der Waals surface area contributed by atoms with E-state index in [1.807, 2.05) is 6.20 Å². The van der Waals surface area contributed by atoms with Crippen molar-refractivity contribution in [2.24, 2.45) is 5.92 Å². The Bertz CT molecular complexity index is 654. The Balaban J connectivity index is 1.73. The minimum Gasteiger partial charge on any atom is -0.443 e. The first kappa shape index (κ1) is 18.2. The van der Waals surface area contributed by atoms with Gasteiger partial charge in [-0.15, -0.1) is 0 Å². The summed E-state index contributed by atoms with van der Waals surface area (Å²) < 4.78 is 11.6. The van der Waals surface area contributed by atoms with Gasteiger partial charge in [-0.2, -0.15) is 0 Å². The Morgan fingerprint density at radius 1 is 1.24 bits per heavy atom. The molecule has 0 aliphatic carbocycles. The lowest BCUT2D eigenvalue weighted by Crippen LogP contribution is -2.27. The van der Waals surface area contributed by atoms with Crippen LogP contribution in [0.3, 0.4) is 0 Å². The van der Waals surface area contributed by atoms with Gasteiger partial charge in [-0.05, 0) is 31.2 Å². The summed E-state index contributed by atoms with van der Waals surface area (Å²) in [5, 5.41) is 3.73. The molecule has 0 amide bonds. The highest BCUT2D eigenvalue weighted by Gasteiger charge is 2.26. The van der Waals surface area contributed by atoms with Crippen LogP contribution in [0.25, 0.3) is 0 Å². The van der Waals surface area contributed by atoms with Crippen molar-refractivity contribution < 1.29 is 9.15 Å². The number of oxazole rings is 1. The van der Waals surface area contributed by atoms with Crippen molar-refractivity contribution in [2.75, 3.05) is 13.2 Å². The Morgan fingerprint density at radius 2 is 2.00 bits per heavy atom. The maximum atomic E-state index is 6.02. The van der Waals surface area contributed by atoms with Crippen LogP contribution in [0, 0.1) is 5.92 Å². The van der Waals surface area contributed by atoms with E-state index < -0.39 is 0 Å². The molecule has 3 atom stereocenters. The predicted octanol–water partition coefficient (Wildman–Crippen LogP) is 4.79. The zero-order valence-electron chi connectivity index (χ0n) is 15.8. The number of aromatic nitrogens is 1. The number of nitrogens with one attached hydrogen (secondary N) is 1. The molecule has 0 radical (unpaired) electrons. The molecule has 0 saturated carbocycles. The first-order valence-electron chi connectivity index (χ1n) is 9.28. The zero-order chi connectivity index (χ0) is 17.9. The van der Waals surface area contributed by atoms with E-state index >= 15 is 0 Å². The Hall–Kier alpha value is -1.65. The van der Waals surface area contributed by atoms with Crippen LogP contribution in [0.5, 0.6) is 0 Å². The van der Waals surface area contributed by atoms with Crippen LogP contribution in [0.15, 0.2) is 40.9 Å². The molecule has 2 aromatic rings. The maximum absolute atomic E-state index is 6.02. The summed E-state index contributed by atoms with van der Waals surface area (Å²) >= 11 is 0. The second-order valence-electron chi connectivity index (χ2n) is 8.13. The number of hydrogen-bond acceptors (Lipinski definition) is 4. The second-order valence-corrected chi connectivity index (χ2v) is 8.13. The van der Waals surface area contributed by atoms with Crippen molar-refractivity contribution in [1.29, 1.82) is 0 Å². The molecule has 4 nitrogen and oxygen atoms in total. The molecule has 0 bridgehead atoms. The van der Waals surface area contributed by atoms with E-state index in [1.165, 1.54) is 5.56 Å². The highest BCUT2D eigenvalue weighted by Crippen LogP contribution is 2.30. The van der Waals surface area contributed by atoms with Gasteiger partial charge >= 0.3 is 0 Å². The fraction of sp³-hybridized carbons (Fsp3) is 0.571. The predicted molar refractivity (Wildman–Crippen MR) is 99.5 cm³/mol. The fourth-order valence-corrected chi connectivity index (χ4v) is 3.30. The molecule has 1 aromatic heterocycles. The van der Waals surface area contributed by atoms with Gasteiger partial charge in [-0.25, -0.2) is 4.98 Å². The van der Waals surface area contributed by atoms with Crippen LogP contribution in [-0.2, 0) is 10.2 Å². The van der Waals surface area contributed by atoms with Crippen molar-refractivity contribution in [1.82, 2.24) is 10.3 Å². The van der Waals surface area contributed by atoms with E-state index in [2.05, 4.69) is 68.3 Å². The zero-order valence-corrected chi connectivity index (χ0v) is 15.8. The molecule has 1 fully saturated rings. The van der Waals surface area contributed by atoms with Crippen LogP contribution in [0.1, 0.15) is 69.8 Å². The van der Waals surface area contributed by atoms with Crippen LogP contribution in [0.4, 0.5) is 0 Å². The summed E-state index contributed by atoms with van der Waals surface area (Å²) in [4.78, 5) is 4.51. The fourth-order valence-electron chi connectivity index (χ4n) is 3.30. The molecular formula is C21H30N2O2. The molecule has 4 heteroatoms. The van der Waals surface area contributed by atoms with Gasteiger partial charge in [0.15, 0.2) is 0 Å². The SMILES string of the molecule is C[C@H](N[C@H](C[C@H]1CCOC1)c1ccccc1)c1ncc(C(C)(C)C)o1. The third-order valence-corrected chi connectivity index (χ3v) is 4.88. The number of benzene rings is 1. The van der Waals surface area contributed by atoms with E-state index in [1.54, 1.807) is 0 Å². The van der Waals surface area contributed by atoms with E-state index in [4.69, 9.17) is 9.15 Å². The number of nitrogens with zero attached hydrogens (tertiary/aromatic N) is 1. The lowest BCUT2D eigenvalue weighted by Gasteiger charge is -2.25. The molecule has 0 spiro atoms. The second kappa shape index (κ2) is 7.71. The van der Waals surface area contributed by atoms with Crippen molar-refractivity contribution in [2.45, 2.75) is 58.0 Å². The standard InChI is InChI=1S/C21H30N2O2/c1-15(20-22-13-19(25-20)21(2,3)4)23-18(12-16-10-11-24-14-16)17-8-6-5-7-9-17/h5-9,13,15-16,18,23H,10-12,14H2,1-4H3/t15-,16+,18+/m0/s1. The molecule has 1 N–H and O–H groups in total. The highest BCUT2D eigenvalue weighted by atomic mass is 16.5. The number of rotatable bonds is 6. The average Bonchev–Trinajstić information content (AvgIpc) is 3.26. The molecule has 1 saturated heterocycles. The van der Waals surface area contributed by atoms with Gasteiger partial charge in [-0.1, -0.05) is 51.1 Å². The van der Waals surface area contributed by atoms with Crippen molar-refractivity contribution >= 4 is 0 Å². The minimum atomic E-state index is -0.0228. The van der Waals surface area contributed by atoms with E-state index in [0.29, 0.717) is 5.92 Å². The normalized spacial score (nSPS) is 20.6. The molecule has 0 unspecified atom stereocenters. The Morgan fingerprint density at radius 3 is 2.60 bits per heavy atom. The van der Waals surface area contributed by atoms with Gasteiger partial charge in [0.25, 0.3) is 0 Å². The molecule has 3 rings (SSSR count). The van der Waals surface area contributed by atoms with Crippen LogP contribution >= 0.6 is 0 Å². The number of hydrogen-bond donors (Lipinski definition) is 1. The largest absolute Gasteiger partial charge is 0.443 e. The first-order chi connectivity index (χ1) is 11.9. The Labute approximate surface area is 151 Å². The van der Waals surface area contributed by atoms with Crippen LogP contribution in [-0.4, -0.2) is 18.2 Å². The third-order valence-electron chi connectivity index (χ3n) is 4.88. The molecule has 1 aromatic carbocycles. The van der Waals surface area contributed by atoms with E-state index in [0.717, 1.165) is 37.7 Å². The topological polar surface area (TPSA) is 47.3 Å². The van der Waals surface area contributed by atoms with E-state index in [9.17, 15) is 0 Å². The lowest BCUT2D eigenvalue weighted by atomic mass is 9.93. The summed E-state index contributed by atoms with van der Waals surface area (Å²) in [7, 11) is 0. The molecule has 2 heterocycles. The third kappa shape index (κ3) is 4.71. The van der Waals surface area contributed by atoms with E-state index in [-0.39, 0.29) is 17.5 Å². The molecule has 25 heavy (non-hydrogen) atoms. The average molecular weight is 342 g/mol. The molecule has 136 valence electrons. The summed E-state index contributed by atoms with van der Waals surface area (Å²) in [6, 6.07) is 11.0. The van der Waals surface area contributed by atoms with Crippen molar-refractivity contribution in [3.8, 4) is 0 Å². The summed E-state index contributed by atoms with van der Waals surface area (Å²) in [5.41, 5.74) is 1.29. The van der Waals surface area contributed by atoms with Crippen LogP contribution in [0.2, 0.25) is 0 Å². The van der Waals surface area contributed by atoms with Crippen molar-refractivity contribution in [3.05, 3.63) is 53.7 Å².